The minimum Gasteiger partial charge on any atom is -0.494 e. The second-order valence-electron chi connectivity index (χ2n) is 6.67. The molecule has 1 N–H and O–H groups in total. The Morgan fingerprint density at radius 2 is 1.75 bits per heavy atom. The van der Waals surface area contributed by atoms with Crippen LogP contribution in [0.4, 0.5) is 11.4 Å². The topological polar surface area (TPSA) is 79.0 Å². The number of carbonyl (C=O) groups excluding carboxylic acids is 3. The Morgan fingerprint density at radius 1 is 1.11 bits per heavy atom. The molecule has 1 heterocycles. The van der Waals surface area contributed by atoms with Crippen molar-refractivity contribution in [2.24, 2.45) is 0 Å². The lowest BCUT2D eigenvalue weighted by molar-refractivity contribution is -0.121. The number of carbonyl (C=O) groups is 3. The van der Waals surface area contributed by atoms with Crippen LogP contribution in [0.25, 0.3) is 0 Å². The Balaban J connectivity index is 1.70. The van der Waals surface area contributed by atoms with E-state index in [-0.39, 0.29) is 24.1 Å². The lowest BCUT2D eigenvalue weighted by Gasteiger charge is -2.17. The van der Waals surface area contributed by atoms with Gasteiger partial charge in [-0.2, -0.15) is 0 Å². The molecule has 0 radical (unpaired) electrons. The van der Waals surface area contributed by atoms with Crippen molar-refractivity contribution >= 4 is 29.1 Å². The fourth-order valence-electron chi connectivity index (χ4n) is 3.04. The average Bonchev–Trinajstić information content (AvgIpc) is 2.96. The largest absolute Gasteiger partial charge is 0.494 e. The van der Waals surface area contributed by atoms with E-state index in [0.717, 1.165) is 0 Å². The minimum atomic E-state index is -0.644. The molecule has 0 aromatic heterocycles. The van der Waals surface area contributed by atoms with Crippen molar-refractivity contribution in [2.75, 3.05) is 30.9 Å². The Bertz CT molecular complexity index is 876. The zero-order valence-electron chi connectivity index (χ0n) is 16.1. The molecule has 0 spiro atoms. The van der Waals surface area contributed by atoms with Crippen molar-refractivity contribution < 1.29 is 19.1 Å². The van der Waals surface area contributed by atoms with Crippen molar-refractivity contribution in [3.05, 3.63) is 54.1 Å². The van der Waals surface area contributed by atoms with Crippen LogP contribution in [0.1, 0.15) is 23.7 Å². The zero-order chi connectivity index (χ0) is 20.3. The van der Waals surface area contributed by atoms with Crippen molar-refractivity contribution in [1.82, 2.24) is 4.90 Å². The molecule has 28 heavy (non-hydrogen) atoms. The second-order valence-corrected chi connectivity index (χ2v) is 6.67. The van der Waals surface area contributed by atoms with Gasteiger partial charge in [0.2, 0.25) is 5.91 Å². The summed E-state index contributed by atoms with van der Waals surface area (Å²) >= 11 is 0. The number of anilines is 2. The van der Waals surface area contributed by atoms with E-state index >= 15 is 0 Å². The standard InChI is InChI=1S/C21H23N3O4/c1-4-28-17-11-9-16(10-12-17)24-19(25)13-18(21(24)27)22-15-7-5-14(6-8-15)20(26)23(2)3/h5-12,18,22H,4,13H2,1-3H3/t18-/m0/s1. The molecule has 0 saturated carbocycles. The summed E-state index contributed by atoms with van der Waals surface area (Å²) < 4.78 is 5.39. The quantitative estimate of drug-likeness (QED) is 0.778. The molecule has 146 valence electrons. The van der Waals surface area contributed by atoms with Crippen molar-refractivity contribution in [3.8, 4) is 5.75 Å². The van der Waals surface area contributed by atoms with Gasteiger partial charge in [-0.15, -0.1) is 0 Å². The molecule has 1 saturated heterocycles. The number of nitrogens with zero attached hydrogens (tertiary/aromatic N) is 2. The van der Waals surface area contributed by atoms with Crippen molar-refractivity contribution in [3.63, 3.8) is 0 Å². The van der Waals surface area contributed by atoms with Gasteiger partial charge in [0.25, 0.3) is 11.8 Å². The van der Waals surface area contributed by atoms with Crippen LogP contribution in [0, 0.1) is 0 Å². The fourth-order valence-corrected chi connectivity index (χ4v) is 3.04. The number of imide groups is 1. The third-order valence-corrected chi connectivity index (χ3v) is 4.43. The summed E-state index contributed by atoms with van der Waals surface area (Å²) in [5, 5.41) is 3.09. The molecular weight excluding hydrogens is 358 g/mol. The second kappa shape index (κ2) is 8.12. The van der Waals surface area contributed by atoms with E-state index in [1.807, 2.05) is 6.92 Å². The van der Waals surface area contributed by atoms with Crippen LogP contribution in [0.5, 0.6) is 5.75 Å². The molecule has 7 nitrogen and oxygen atoms in total. The lowest BCUT2D eigenvalue weighted by Crippen LogP contribution is -2.34. The summed E-state index contributed by atoms with van der Waals surface area (Å²) in [6, 6.07) is 13.1. The maximum absolute atomic E-state index is 12.7. The minimum absolute atomic E-state index is 0.0738. The summed E-state index contributed by atoms with van der Waals surface area (Å²) in [5.41, 5.74) is 1.75. The van der Waals surface area contributed by atoms with Gasteiger partial charge in [-0.3, -0.25) is 14.4 Å². The average molecular weight is 381 g/mol. The van der Waals surface area contributed by atoms with E-state index < -0.39 is 6.04 Å². The molecule has 3 amide bonds. The predicted octanol–water partition coefficient (Wildman–Crippen LogP) is 2.53. The van der Waals surface area contributed by atoms with Crippen molar-refractivity contribution in [2.45, 2.75) is 19.4 Å². The van der Waals surface area contributed by atoms with Crippen LogP contribution in [0.15, 0.2) is 48.5 Å². The van der Waals surface area contributed by atoms with E-state index in [4.69, 9.17) is 4.74 Å². The van der Waals surface area contributed by atoms with E-state index in [9.17, 15) is 14.4 Å². The molecule has 0 aliphatic carbocycles. The van der Waals surface area contributed by atoms with Gasteiger partial charge >= 0.3 is 0 Å². The van der Waals surface area contributed by atoms with Gasteiger partial charge in [0.1, 0.15) is 11.8 Å². The predicted molar refractivity (Wildman–Crippen MR) is 107 cm³/mol. The highest BCUT2D eigenvalue weighted by Crippen LogP contribution is 2.27. The maximum atomic E-state index is 12.7. The van der Waals surface area contributed by atoms with Crippen LogP contribution in [0.2, 0.25) is 0 Å². The van der Waals surface area contributed by atoms with E-state index in [1.165, 1.54) is 9.80 Å². The number of ether oxygens (including phenoxy) is 1. The zero-order valence-corrected chi connectivity index (χ0v) is 16.1. The summed E-state index contributed by atoms with van der Waals surface area (Å²) in [5.74, 6) is 0.0291. The van der Waals surface area contributed by atoms with Gasteiger partial charge < -0.3 is 15.0 Å². The number of amides is 3. The van der Waals surface area contributed by atoms with Gasteiger partial charge in [-0.05, 0) is 55.5 Å². The first-order valence-electron chi connectivity index (χ1n) is 9.08. The van der Waals surface area contributed by atoms with Gasteiger partial charge in [-0.25, -0.2) is 4.90 Å². The SMILES string of the molecule is CCOc1ccc(N2C(=O)C[C@H](Nc3ccc(C(=O)N(C)C)cc3)C2=O)cc1. The molecule has 2 aromatic rings. The Hall–Kier alpha value is -3.35. The first-order chi connectivity index (χ1) is 13.4. The number of rotatable bonds is 6. The molecule has 1 fully saturated rings. The lowest BCUT2D eigenvalue weighted by atomic mass is 10.1. The smallest absolute Gasteiger partial charge is 0.256 e. The van der Waals surface area contributed by atoms with Gasteiger partial charge in [0, 0.05) is 25.3 Å². The van der Waals surface area contributed by atoms with Gasteiger partial charge in [-0.1, -0.05) is 0 Å². The highest BCUT2D eigenvalue weighted by atomic mass is 16.5. The number of benzene rings is 2. The molecule has 2 aromatic carbocycles. The molecule has 3 rings (SSSR count). The highest BCUT2D eigenvalue weighted by molar-refractivity contribution is 6.23. The van der Waals surface area contributed by atoms with Crippen LogP contribution < -0.4 is 15.0 Å². The van der Waals surface area contributed by atoms with E-state index in [2.05, 4.69) is 5.32 Å². The maximum Gasteiger partial charge on any atom is 0.256 e. The van der Waals surface area contributed by atoms with Gasteiger partial charge in [0.05, 0.1) is 18.7 Å². The third-order valence-electron chi connectivity index (χ3n) is 4.43. The summed E-state index contributed by atoms with van der Waals surface area (Å²) in [6.45, 7) is 2.44. The van der Waals surface area contributed by atoms with E-state index in [1.54, 1.807) is 62.6 Å². The molecule has 0 bridgehead atoms. The summed E-state index contributed by atoms with van der Waals surface area (Å²) in [7, 11) is 3.37. The van der Waals surface area contributed by atoms with Crippen LogP contribution in [0.3, 0.4) is 0 Å². The Kier molecular flexibility index (Phi) is 5.63. The molecule has 1 aliphatic rings. The summed E-state index contributed by atoms with van der Waals surface area (Å²) in [4.78, 5) is 39.8. The van der Waals surface area contributed by atoms with Crippen LogP contribution in [-0.4, -0.2) is 49.4 Å². The number of hydrogen-bond acceptors (Lipinski definition) is 5. The third kappa shape index (κ3) is 3.98. The molecule has 7 heteroatoms. The Morgan fingerprint density at radius 3 is 2.32 bits per heavy atom. The molecular formula is C21H23N3O4. The van der Waals surface area contributed by atoms with Crippen LogP contribution >= 0.6 is 0 Å². The Labute approximate surface area is 163 Å². The molecule has 1 aliphatic heterocycles. The monoisotopic (exact) mass is 381 g/mol. The van der Waals surface area contributed by atoms with Crippen molar-refractivity contribution in [1.29, 1.82) is 0 Å². The fraction of sp³-hybridized carbons (Fsp3) is 0.286. The van der Waals surface area contributed by atoms with Gasteiger partial charge in [0.15, 0.2) is 0 Å². The highest BCUT2D eigenvalue weighted by Gasteiger charge is 2.39. The number of nitrogens with one attached hydrogen (secondary N) is 1. The first-order valence-corrected chi connectivity index (χ1v) is 9.08. The summed E-state index contributed by atoms with van der Waals surface area (Å²) in [6.07, 6.45) is 0.0738. The van der Waals surface area contributed by atoms with E-state index in [0.29, 0.717) is 29.3 Å². The molecule has 0 unspecified atom stereocenters. The number of hydrogen-bond donors (Lipinski definition) is 1. The van der Waals surface area contributed by atoms with Crippen LogP contribution in [-0.2, 0) is 9.59 Å². The normalized spacial score (nSPS) is 16.2. The first kappa shape index (κ1) is 19.4. The molecule has 1 atom stereocenters.